The van der Waals surface area contributed by atoms with Crippen molar-refractivity contribution in [2.75, 3.05) is 19.1 Å². The van der Waals surface area contributed by atoms with Crippen LogP contribution in [0.5, 0.6) is 11.5 Å². The lowest BCUT2D eigenvalue weighted by Gasteiger charge is -2.33. The van der Waals surface area contributed by atoms with E-state index in [-0.39, 0.29) is 17.7 Å². The monoisotopic (exact) mass is 480 g/mol. The van der Waals surface area contributed by atoms with Gasteiger partial charge in [-0.3, -0.25) is 14.5 Å². The van der Waals surface area contributed by atoms with Gasteiger partial charge in [0.1, 0.15) is 11.9 Å². The number of methoxy groups -OCH3 is 2. The van der Waals surface area contributed by atoms with Gasteiger partial charge < -0.3 is 19.2 Å². The summed E-state index contributed by atoms with van der Waals surface area (Å²) in [6.45, 7) is 0. The lowest BCUT2D eigenvalue weighted by Crippen LogP contribution is -2.47. The summed E-state index contributed by atoms with van der Waals surface area (Å²) in [5, 5.41) is 3.14. The van der Waals surface area contributed by atoms with E-state index in [1.165, 1.54) is 55.7 Å². The molecule has 35 heavy (non-hydrogen) atoms. The average Bonchev–Trinajstić information content (AvgIpc) is 3.43. The molecule has 8 heteroatoms. The summed E-state index contributed by atoms with van der Waals surface area (Å²) >= 11 is 0. The molecule has 1 aliphatic carbocycles. The first-order valence-electron chi connectivity index (χ1n) is 11.7. The summed E-state index contributed by atoms with van der Waals surface area (Å²) in [6.07, 6.45) is 6.38. The third-order valence-electron chi connectivity index (χ3n) is 6.24. The van der Waals surface area contributed by atoms with Crippen LogP contribution < -0.4 is 19.7 Å². The SMILES string of the molecule is COc1ccc([C@H](C(=O)NC2CCCCC2)N(C(=O)c2ccco2)c2ccc(F)cc2)cc1OC. The van der Waals surface area contributed by atoms with Crippen molar-refractivity contribution in [3.63, 3.8) is 0 Å². The molecule has 1 N–H and O–H groups in total. The van der Waals surface area contributed by atoms with E-state index in [1.54, 1.807) is 24.3 Å². The predicted octanol–water partition coefficient (Wildman–Crippen LogP) is 5.27. The number of ether oxygens (including phenoxy) is 2. The Balaban J connectivity index is 1.82. The standard InChI is InChI=1S/C27H29FN2O5/c1-33-22-15-10-18(17-24(22)34-2)25(26(31)29-20-7-4-3-5-8-20)30(21-13-11-19(28)12-14-21)27(32)23-9-6-16-35-23/h6,9-17,20,25H,3-5,7-8H2,1-2H3,(H,29,31)/t25-/m1/s1. The lowest BCUT2D eigenvalue weighted by molar-refractivity contribution is -0.123. The molecule has 184 valence electrons. The van der Waals surface area contributed by atoms with Crippen molar-refractivity contribution in [2.45, 2.75) is 44.2 Å². The highest BCUT2D eigenvalue weighted by molar-refractivity contribution is 6.08. The van der Waals surface area contributed by atoms with E-state index in [4.69, 9.17) is 13.9 Å². The van der Waals surface area contributed by atoms with Crippen molar-refractivity contribution < 1.29 is 27.9 Å². The zero-order chi connectivity index (χ0) is 24.8. The molecule has 0 radical (unpaired) electrons. The second kappa shape index (κ2) is 11.1. The molecule has 2 amide bonds. The summed E-state index contributed by atoms with van der Waals surface area (Å²) in [5.74, 6) is -0.342. The smallest absolute Gasteiger partial charge is 0.294 e. The molecular weight excluding hydrogens is 451 g/mol. The quantitative estimate of drug-likeness (QED) is 0.475. The van der Waals surface area contributed by atoms with Gasteiger partial charge in [0.15, 0.2) is 17.3 Å². The Morgan fingerprint density at radius 2 is 1.71 bits per heavy atom. The number of hydrogen-bond acceptors (Lipinski definition) is 5. The first-order valence-corrected chi connectivity index (χ1v) is 11.7. The van der Waals surface area contributed by atoms with Crippen molar-refractivity contribution >= 4 is 17.5 Å². The molecule has 1 heterocycles. The van der Waals surface area contributed by atoms with E-state index >= 15 is 0 Å². The zero-order valence-corrected chi connectivity index (χ0v) is 19.8. The summed E-state index contributed by atoms with van der Waals surface area (Å²) in [6, 6.07) is 12.6. The van der Waals surface area contributed by atoms with Crippen LogP contribution in [0.2, 0.25) is 0 Å². The molecule has 3 aromatic rings. The van der Waals surface area contributed by atoms with Crippen LogP contribution in [-0.2, 0) is 4.79 Å². The molecule has 1 fully saturated rings. The fourth-order valence-electron chi connectivity index (χ4n) is 4.47. The van der Waals surface area contributed by atoms with Gasteiger partial charge in [-0.1, -0.05) is 25.3 Å². The predicted molar refractivity (Wildman–Crippen MR) is 129 cm³/mol. The number of rotatable bonds is 8. The molecule has 1 saturated carbocycles. The minimum Gasteiger partial charge on any atom is -0.493 e. The number of halogens is 1. The number of nitrogens with one attached hydrogen (secondary N) is 1. The van der Waals surface area contributed by atoms with Crippen LogP contribution in [-0.4, -0.2) is 32.1 Å². The Morgan fingerprint density at radius 3 is 2.34 bits per heavy atom. The topological polar surface area (TPSA) is 81.0 Å². The van der Waals surface area contributed by atoms with Gasteiger partial charge in [0.05, 0.1) is 20.5 Å². The Morgan fingerprint density at radius 1 is 1.00 bits per heavy atom. The first-order chi connectivity index (χ1) is 17.0. The highest BCUT2D eigenvalue weighted by Gasteiger charge is 2.36. The summed E-state index contributed by atoms with van der Waals surface area (Å²) in [4.78, 5) is 28.9. The second-order valence-corrected chi connectivity index (χ2v) is 8.49. The molecule has 1 aromatic heterocycles. The van der Waals surface area contributed by atoms with Crippen LogP contribution in [0.4, 0.5) is 10.1 Å². The number of anilines is 1. The Hall–Kier alpha value is -3.81. The van der Waals surface area contributed by atoms with Gasteiger partial charge in [0.2, 0.25) is 5.91 Å². The van der Waals surface area contributed by atoms with Crippen LogP contribution in [0.1, 0.15) is 54.3 Å². The summed E-state index contributed by atoms with van der Waals surface area (Å²) < 4.78 is 30.0. The number of nitrogens with zero attached hydrogens (tertiary/aromatic N) is 1. The van der Waals surface area contributed by atoms with Gasteiger partial charge in [-0.15, -0.1) is 0 Å². The normalized spacial score (nSPS) is 14.7. The van der Waals surface area contributed by atoms with E-state index in [9.17, 15) is 14.0 Å². The fourth-order valence-corrected chi connectivity index (χ4v) is 4.47. The van der Waals surface area contributed by atoms with Crippen molar-refractivity contribution in [1.29, 1.82) is 0 Å². The second-order valence-electron chi connectivity index (χ2n) is 8.49. The molecule has 0 bridgehead atoms. The molecule has 0 unspecified atom stereocenters. The van der Waals surface area contributed by atoms with Gasteiger partial charge >= 0.3 is 0 Å². The van der Waals surface area contributed by atoms with Gasteiger partial charge in [0.25, 0.3) is 5.91 Å². The largest absolute Gasteiger partial charge is 0.493 e. The number of hydrogen-bond donors (Lipinski definition) is 1. The third-order valence-corrected chi connectivity index (χ3v) is 6.24. The van der Waals surface area contributed by atoms with Crippen LogP contribution in [0.3, 0.4) is 0 Å². The maximum atomic E-state index is 13.8. The van der Waals surface area contributed by atoms with Gasteiger partial charge in [-0.25, -0.2) is 4.39 Å². The van der Waals surface area contributed by atoms with Crippen molar-refractivity contribution in [3.05, 3.63) is 78.0 Å². The zero-order valence-electron chi connectivity index (χ0n) is 19.8. The van der Waals surface area contributed by atoms with Crippen LogP contribution in [0.25, 0.3) is 0 Å². The average molecular weight is 481 g/mol. The molecule has 1 aliphatic rings. The minimum absolute atomic E-state index is 0.0210. The fraction of sp³-hybridized carbons (Fsp3) is 0.333. The maximum absolute atomic E-state index is 13.8. The van der Waals surface area contributed by atoms with Crippen LogP contribution in [0.15, 0.2) is 65.3 Å². The molecule has 1 atom stereocenters. The van der Waals surface area contributed by atoms with E-state index in [1.807, 2.05) is 0 Å². The third kappa shape index (κ3) is 5.48. The molecular formula is C27H29FN2O5. The Labute approximate surface area is 203 Å². The number of benzene rings is 2. The Kier molecular flexibility index (Phi) is 7.70. The number of furan rings is 1. The molecule has 7 nitrogen and oxygen atoms in total. The minimum atomic E-state index is -1.07. The van der Waals surface area contributed by atoms with E-state index in [2.05, 4.69) is 5.32 Å². The molecule has 2 aromatic carbocycles. The van der Waals surface area contributed by atoms with E-state index < -0.39 is 17.8 Å². The van der Waals surface area contributed by atoms with E-state index in [0.717, 1.165) is 32.1 Å². The number of carbonyl (C=O) groups excluding carboxylic acids is 2. The Bertz CT molecular complexity index is 1140. The van der Waals surface area contributed by atoms with Crippen molar-refractivity contribution in [3.8, 4) is 11.5 Å². The summed E-state index contributed by atoms with van der Waals surface area (Å²) in [7, 11) is 3.03. The molecule has 0 saturated heterocycles. The van der Waals surface area contributed by atoms with Gasteiger partial charge in [-0.05, 0) is 66.9 Å². The molecule has 0 spiro atoms. The highest BCUT2D eigenvalue weighted by Crippen LogP contribution is 2.35. The van der Waals surface area contributed by atoms with Crippen molar-refractivity contribution in [2.24, 2.45) is 0 Å². The van der Waals surface area contributed by atoms with Crippen molar-refractivity contribution in [1.82, 2.24) is 5.32 Å². The maximum Gasteiger partial charge on any atom is 0.294 e. The molecule has 0 aliphatic heterocycles. The number of carbonyl (C=O) groups is 2. The van der Waals surface area contributed by atoms with Gasteiger partial charge in [-0.2, -0.15) is 0 Å². The first kappa shape index (κ1) is 24.3. The summed E-state index contributed by atoms with van der Waals surface area (Å²) in [5.41, 5.74) is 0.867. The highest BCUT2D eigenvalue weighted by atomic mass is 19.1. The van der Waals surface area contributed by atoms with Crippen LogP contribution in [0, 0.1) is 5.82 Å². The van der Waals surface area contributed by atoms with Gasteiger partial charge in [0, 0.05) is 11.7 Å². The lowest BCUT2D eigenvalue weighted by atomic mass is 9.94. The van der Waals surface area contributed by atoms with E-state index in [0.29, 0.717) is 22.7 Å². The van der Waals surface area contributed by atoms with Crippen LogP contribution >= 0.6 is 0 Å². The number of amides is 2. The molecule has 4 rings (SSSR count).